The predicted octanol–water partition coefficient (Wildman–Crippen LogP) is 1.16. The topological polar surface area (TPSA) is 108 Å². The first-order chi connectivity index (χ1) is 11.0. The Balaban J connectivity index is 1.87. The Bertz CT molecular complexity index is 722. The molecule has 1 heterocycles. The number of nitrogens with zero attached hydrogens (tertiary/aromatic N) is 5. The third kappa shape index (κ3) is 4.88. The molecule has 120 valence electrons. The first-order valence-electron chi connectivity index (χ1n) is 7.00. The molecule has 2 aromatic rings. The zero-order chi connectivity index (χ0) is 16.8. The minimum Gasteiger partial charge on any atom is -0.390 e. The number of benzene rings is 1. The molecule has 0 aliphatic carbocycles. The molecule has 0 aliphatic rings. The summed E-state index contributed by atoms with van der Waals surface area (Å²) in [7, 11) is 1.85. The molecule has 0 saturated carbocycles. The Morgan fingerprint density at radius 1 is 1.57 bits per heavy atom. The van der Waals surface area contributed by atoms with Crippen LogP contribution in [0.5, 0.6) is 0 Å². The van der Waals surface area contributed by atoms with E-state index in [1.54, 1.807) is 12.1 Å². The SMILES string of the molecule is CN(Cc1cccc(C#N)c1)CC(O)Cn1cc([N+](=O)[O-])cn1. The summed E-state index contributed by atoms with van der Waals surface area (Å²) < 4.78 is 1.35. The molecule has 2 rings (SSSR count). The van der Waals surface area contributed by atoms with E-state index in [0.717, 1.165) is 11.8 Å². The van der Waals surface area contributed by atoms with E-state index >= 15 is 0 Å². The second kappa shape index (κ2) is 7.49. The van der Waals surface area contributed by atoms with Gasteiger partial charge in [-0.3, -0.25) is 19.7 Å². The van der Waals surface area contributed by atoms with Gasteiger partial charge in [-0.05, 0) is 24.7 Å². The van der Waals surface area contributed by atoms with Crippen molar-refractivity contribution < 1.29 is 10.0 Å². The zero-order valence-electron chi connectivity index (χ0n) is 12.7. The number of nitriles is 1. The predicted molar refractivity (Wildman–Crippen MR) is 82.4 cm³/mol. The van der Waals surface area contributed by atoms with Crippen LogP contribution >= 0.6 is 0 Å². The fourth-order valence-corrected chi connectivity index (χ4v) is 2.30. The summed E-state index contributed by atoms with van der Waals surface area (Å²) in [5.74, 6) is 0. The van der Waals surface area contributed by atoms with E-state index in [-0.39, 0.29) is 12.2 Å². The van der Waals surface area contributed by atoms with Crippen LogP contribution in [0.2, 0.25) is 0 Å². The maximum absolute atomic E-state index is 10.6. The largest absolute Gasteiger partial charge is 0.390 e. The second-order valence-corrected chi connectivity index (χ2v) is 5.34. The van der Waals surface area contributed by atoms with Crippen LogP contribution in [0, 0.1) is 21.4 Å². The normalized spacial score (nSPS) is 12.1. The van der Waals surface area contributed by atoms with Crippen LogP contribution in [-0.2, 0) is 13.1 Å². The number of hydrogen-bond acceptors (Lipinski definition) is 6. The lowest BCUT2D eigenvalue weighted by Gasteiger charge is -2.20. The van der Waals surface area contributed by atoms with Gasteiger partial charge < -0.3 is 5.11 Å². The first kappa shape index (κ1) is 16.6. The number of likely N-dealkylation sites (N-methyl/N-ethyl adjacent to an activating group) is 1. The Hall–Kier alpha value is -2.76. The molecule has 8 heteroatoms. The quantitative estimate of drug-likeness (QED) is 0.606. The molecule has 1 aromatic carbocycles. The molecule has 1 unspecified atom stereocenters. The van der Waals surface area contributed by atoms with Crippen molar-refractivity contribution in [1.82, 2.24) is 14.7 Å². The maximum Gasteiger partial charge on any atom is 0.306 e. The molecule has 0 saturated heterocycles. The first-order valence-corrected chi connectivity index (χ1v) is 7.00. The van der Waals surface area contributed by atoms with Gasteiger partial charge in [0.1, 0.15) is 12.4 Å². The highest BCUT2D eigenvalue weighted by Crippen LogP contribution is 2.10. The minimum atomic E-state index is -0.710. The summed E-state index contributed by atoms with van der Waals surface area (Å²) in [6.45, 7) is 1.15. The molecular weight excluding hydrogens is 298 g/mol. The van der Waals surface area contributed by atoms with E-state index < -0.39 is 11.0 Å². The van der Waals surface area contributed by atoms with Gasteiger partial charge in [-0.2, -0.15) is 10.4 Å². The van der Waals surface area contributed by atoms with E-state index in [1.165, 1.54) is 10.9 Å². The Morgan fingerprint density at radius 3 is 3.00 bits per heavy atom. The third-order valence-corrected chi connectivity index (χ3v) is 3.26. The van der Waals surface area contributed by atoms with E-state index in [9.17, 15) is 15.2 Å². The van der Waals surface area contributed by atoms with Crippen LogP contribution in [0.4, 0.5) is 5.69 Å². The lowest BCUT2D eigenvalue weighted by molar-refractivity contribution is -0.385. The monoisotopic (exact) mass is 315 g/mol. The van der Waals surface area contributed by atoms with Gasteiger partial charge in [-0.25, -0.2) is 0 Å². The van der Waals surface area contributed by atoms with Crippen LogP contribution in [0.1, 0.15) is 11.1 Å². The van der Waals surface area contributed by atoms with Crippen molar-refractivity contribution in [2.45, 2.75) is 19.2 Å². The Labute approximate surface area is 133 Å². The number of aliphatic hydroxyl groups is 1. The molecule has 1 atom stereocenters. The van der Waals surface area contributed by atoms with Gasteiger partial charge in [0.15, 0.2) is 0 Å². The lowest BCUT2D eigenvalue weighted by Crippen LogP contribution is -2.31. The Kier molecular flexibility index (Phi) is 5.41. The van der Waals surface area contributed by atoms with Crippen molar-refractivity contribution in [3.63, 3.8) is 0 Å². The van der Waals surface area contributed by atoms with Gasteiger partial charge in [-0.1, -0.05) is 12.1 Å². The molecule has 0 radical (unpaired) electrons. The van der Waals surface area contributed by atoms with Crippen molar-refractivity contribution in [3.05, 3.63) is 57.9 Å². The summed E-state index contributed by atoms with van der Waals surface area (Å²) in [5, 5.41) is 33.4. The molecule has 8 nitrogen and oxygen atoms in total. The molecular formula is C15H17N5O3. The lowest BCUT2D eigenvalue weighted by atomic mass is 10.1. The van der Waals surface area contributed by atoms with Crippen molar-refractivity contribution >= 4 is 5.69 Å². The van der Waals surface area contributed by atoms with Crippen molar-refractivity contribution in [2.75, 3.05) is 13.6 Å². The van der Waals surface area contributed by atoms with Crippen LogP contribution in [0.25, 0.3) is 0 Å². The average molecular weight is 315 g/mol. The van der Waals surface area contributed by atoms with Crippen molar-refractivity contribution in [3.8, 4) is 6.07 Å². The van der Waals surface area contributed by atoms with Crippen molar-refractivity contribution in [1.29, 1.82) is 5.26 Å². The smallest absolute Gasteiger partial charge is 0.306 e. The number of rotatable bonds is 7. The number of hydrogen-bond donors (Lipinski definition) is 1. The van der Waals surface area contributed by atoms with E-state index in [0.29, 0.717) is 18.7 Å². The van der Waals surface area contributed by atoms with Gasteiger partial charge >= 0.3 is 5.69 Å². The van der Waals surface area contributed by atoms with Crippen LogP contribution in [0.3, 0.4) is 0 Å². The van der Waals surface area contributed by atoms with Gasteiger partial charge in [0.05, 0.1) is 29.2 Å². The van der Waals surface area contributed by atoms with E-state index in [1.807, 2.05) is 24.1 Å². The molecule has 0 aliphatic heterocycles. The van der Waals surface area contributed by atoms with Crippen LogP contribution in [-0.4, -0.2) is 44.4 Å². The molecule has 0 bridgehead atoms. The fraction of sp³-hybridized carbons (Fsp3) is 0.333. The maximum atomic E-state index is 10.6. The molecule has 0 amide bonds. The number of aromatic nitrogens is 2. The van der Waals surface area contributed by atoms with Crippen LogP contribution in [0.15, 0.2) is 36.7 Å². The summed E-state index contributed by atoms with van der Waals surface area (Å²) in [6, 6.07) is 9.37. The number of aliphatic hydroxyl groups excluding tert-OH is 1. The highest BCUT2D eigenvalue weighted by atomic mass is 16.6. The highest BCUT2D eigenvalue weighted by Gasteiger charge is 2.13. The molecule has 23 heavy (non-hydrogen) atoms. The molecule has 1 aromatic heterocycles. The van der Waals surface area contributed by atoms with Gasteiger partial charge in [0.25, 0.3) is 0 Å². The van der Waals surface area contributed by atoms with Crippen LogP contribution < -0.4 is 0 Å². The molecule has 1 N–H and O–H groups in total. The average Bonchev–Trinajstić information content (AvgIpc) is 2.95. The summed E-state index contributed by atoms with van der Waals surface area (Å²) >= 11 is 0. The summed E-state index contributed by atoms with van der Waals surface area (Å²) in [6.07, 6.45) is 1.74. The molecule has 0 fully saturated rings. The minimum absolute atomic E-state index is 0.0983. The summed E-state index contributed by atoms with van der Waals surface area (Å²) in [5.41, 5.74) is 1.48. The Morgan fingerprint density at radius 2 is 2.35 bits per heavy atom. The highest BCUT2D eigenvalue weighted by molar-refractivity contribution is 5.32. The number of nitro groups is 1. The van der Waals surface area contributed by atoms with Gasteiger partial charge in [-0.15, -0.1) is 0 Å². The second-order valence-electron chi connectivity index (χ2n) is 5.34. The van der Waals surface area contributed by atoms with E-state index in [2.05, 4.69) is 11.2 Å². The molecule has 0 spiro atoms. The summed E-state index contributed by atoms with van der Waals surface area (Å²) in [4.78, 5) is 12.0. The fourth-order valence-electron chi connectivity index (χ4n) is 2.30. The van der Waals surface area contributed by atoms with Gasteiger partial charge in [0.2, 0.25) is 0 Å². The third-order valence-electron chi connectivity index (χ3n) is 3.26. The standard InChI is InChI=1S/C15H17N5O3/c1-18(8-13-4-2-3-12(5-13)6-16)10-15(21)11-19-9-14(7-17-19)20(22)23/h2-5,7,9,15,21H,8,10-11H2,1H3. The van der Waals surface area contributed by atoms with Crippen molar-refractivity contribution in [2.24, 2.45) is 0 Å². The van der Waals surface area contributed by atoms with E-state index in [4.69, 9.17) is 5.26 Å². The zero-order valence-corrected chi connectivity index (χ0v) is 12.7. The van der Waals surface area contributed by atoms with Gasteiger partial charge in [0, 0.05) is 13.1 Å².